The Kier molecular flexibility index (Phi) is 2.99. The first-order valence-electron chi connectivity index (χ1n) is 4.31. The number of rotatable bonds is 3. The lowest BCUT2D eigenvalue weighted by Gasteiger charge is -2.18. The zero-order valence-corrected chi connectivity index (χ0v) is 9.06. The largest absolute Gasteiger partial charge is 0.370 e. The second kappa shape index (κ2) is 3.55. The molecule has 0 bridgehead atoms. The molecule has 13 heavy (non-hydrogen) atoms. The normalized spacial score (nSPS) is 27.8. The van der Waals surface area contributed by atoms with Crippen LogP contribution in [0.25, 0.3) is 0 Å². The molecule has 1 aliphatic heterocycles. The summed E-state index contributed by atoms with van der Waals surface area (Å²) in [6.45, 7) is 4.13. The van der Waals surface area contributed by atoms with Crippen molar-refractivity contribution in [1.82, 2.24) is 0 Å². The van der Waals surface area contributed by atoms with Gasteiger partial charge in [-0.15, -0.1) is 0 Å². The molecule has 0 N–H and O–H groups in total. The van der Waals surface area contributed by atoms with Gasteiger partial charge in [-0.25, -0.2) is 0 Å². The highest BCUT2D eigenvalue weighted by molar-refractivity contribution is 7.85. The molecule has 0 aromatic carbocycles. The highest BCUT2D eigenvalue weighted by Crippen LogP contribution is 2.29. The van der Waals surface area contributed by atoms with Crippen LogP contribution in [0.2, 0.25) is 0 Å². The molecule has 4 nitrogen and oxygen atoms in total. The molecule has 78 valence electrons. The quantitative estimate of drug-likeness (QED) is 0.647. The average molecular weight is 208 g/mol. The Hall–Kier alpha value is -0.130. The molecule has 0 aromatic heterocycles. The standard InChI is InChI=1S/C8H16O4S/c1-8(2)5-4-7(12-8)6-11-13(3,9)10/h7H,4-6H2,1-3H3/t7-/m1/s1. The molecule has 0 aromatic rings. The SMILES string of the molecule is CC1(C)CC[C@H](COS(C)(=O)=O)O1. The van der Waals surface area contributed by atoms with Crippen molar-refractivity contribution in [2.45, 2.75) is 38.4 Å². The van der Waals surface area contributed by atoms with Crippen LogP contribution in [0.1, 0.15) is 26.7 Å². The summed E-state index contributed by atoms with van der Waals surface area (Å²) < 4.78 is 31.6. The lowest BCUT2D eigenvalue weighted by atomic mass is 10.1. The summed E-state index contributed by atoms with van der Waals surface area (Å²) in [5, 5.41) is 0. The van der Waals surface area contributed by atoms with Gasteiger partial charge in [0.1, 0.15) is 0 Å². The third-order valence-corrected chi connectivity index (χ3v) is 2.59. The molecule has 1 saturated heterocycles. The molecule has 0 aliphatic carbocycles. The van der Waals surface area contributed by atoms with E-state index in [0.29, 0.717) is 0 Å². The van der Waals surface area contributed by atoms with Gasteiger partial charge in [-0.05, 0) is 26.7 Å². The molecule has 1 aliphatic rings. The molecular weight excluding hydrogens is 192 g/mol. The van der Waals surface area contributed by atoms with Gasteiger partial charge < -0.3 is 4.74 Å². The summed E-state index contributed by atoms with van der Waals surface area (Å²) in [4.78, 5) is 0. The molecule has 0 amide bonds. The molecule has 1 atom stereocenters. The summed E-state index contributed by atoms with van der Waals surface area (Å²) in [7, 11) is -3.33. The van der Waals surface area contributed by atoms with Crippen molar-refractivity contribution >= 4 is 10.1 Å². The van der Waals surface area contributed by atoms with E-state index in [0.717, 1.165) is 19.1 Å². The zero-order chi connectivity index (χ0) is 10.1. The number of hydrogen-bond donors (Lipinski definition) is 0. The fourth-order valence-electron chi connectivity index (χ4n) is 1.39. The van der Waals surface area contributed by atoms with Crippen molar-refractivity contribution in [3.8, 4) is 0 Å². The van der Waals surface area contributed by atoms with Crippen LogP contribution in [-0.4, -0.2) is 33.0 Å². The van der Waals surface area contributed by atoms with E-state index in [9.17, 15) is 8.42 Å². The first-order chi connectivity index (χ1) is 5.79. The Labute approximate surface area is 79.3 Å². The van der Waals surface area contributed by atoms with Crippen molar-refractivity contribution in [3.63, 3.8) is 0 Å². The van der Waals surface area contributed by atoms with Gasteiger partial charge in [-0.2, -0.15) is 8.42 Å². The molecule has 1 rings (SSSR count). The van der Waals surface area contributed by atoms with Gasteiger partial charge in [0.05, 0.1) is 24.6 Å². The van der Waals surface area contributed by atoms with E-state index in [1.807, 2.05) is 13.8 Å². The van der Waals surface area contributed by atoms with Crippen molar-refractivity contribution in [2.24, 2.45) is 0 Å². The molecule has 5 heteroatoms. The summed E-state index contributed by atoms with van der Waals surface area (Å²) in [6.07, 6.45) is 2.78. The average Bonchev–Trinajstić information content (AvgIpc) is 2.24. The van der Waals surface area contributed by atoms with Gasteiger partial charge in [-0.3, -0.25) is 4.18 Å². The van der Waals surface area contributed by atoms with E-state index >= 15 is 0 Å². The third-order valence-electron chi connectivity index (χ3n) is 2.02. The highest BCUT2D eigenvalue weighted by atomic mass is 32.2. The maximum Gasteiger partial charge on any atom is 0.264 e. The smallest absolute Gasteiger partial charge is 0.264 e. The van der Waals surface area contributed by atoms with Gasteiger partial charge >= 0.3 is 0 Å². The minimum absolute atomic E-state index is 0.0790. The molecule has 1 fully saturated rings. The molecule has 0 spiro atoms. The summed E-state index contributed by atoms with van der Waals surface area (Å²) in [6, 6.07) is 0. The minimum atomic E-state index is -3.33. The van der Waals surface area contributed by atoms with Crippen LogP contribution in [0.15, 0.2) is 0 Å². The third kappa shape index (κ3) is 4.06. The van der Waals surface area contributed by atoms with Crippen molar-refractivity contribution in [3.05, 3.63) is 0 Å². The molecule has 0 saturated carbocycles. The highest BCUT2D eigenvalue weighted by Gasteiger charge is 2.32. The van der Waals surface area contributed by atoms with Crippen LogP contribution in [0.4, 0.5) is 0 Å². The Morgan fingerprint density at radius 2 is 2.15 bits per heavy atom. The summed E-state index contributed by atoms with van der Waals surface area (Å²) in [5.41, 5.74) is -0.133. The van der Waals surface area contributed by atoms with Crippen molar-refractivity contribution in [1.29, 1.82) is 0 Å². The van der Waals surface area contributed by atoms with Gasteiger partial charge in [0, 0.05) is 0 Å². The van der Waals surface area contributed by atoms with E-state index in [1.54, 1.807) is 0 Å². The van der Waals surface area contributed by atoms with Crippen LogP contribution in [0, 0.1) is 0 Å². The molecule has 0 unspecified atom stereocenters. The van der Waals surface area contributed by atoms with E-state index in [4.69, 9.17) is 4.74 Å². The Morgan fingerprint density at radius 3 is 2.54 bits per heavy atom. The Bertz CT molecular complexity index is 268. The maximum absolute atomic E-state index is 10.7. The van der Waals surface area contributed by atoms with E-state index < -0.39 is 10.1 Å². The number of ether oxygens (including phenoxy) is 1. The Balaban J connectivity index is 2.34. The lowest BCUT2D eigenvalue weighted by Crippen LogP contribution is -2.23. The van der Waals surface area contributed by atoms with Crippen LogP contribution >= 0.6 is 0 Å². The van der Waals surface area contributed by atoms with Crippen molar-refractivity contribution in [2.75, 3.05) is 12.9 Å². The molecule has 1 heterocycles. The predicted octanol–water partition coefficient (Wildman–Crippen LogP) is 0.920. The molecule has 0 radical (unpaired) electrons. The van der Waals surface area contributed by atoms with Gasteiger partial charge in [0.25, 0.3) is 10.1 Å². The van der Waals surface area contributed by atoms with E-state index in [2.05, 4.69) is 4.18 Å². The minimum Gasteiger partial charge on any atom is -0.370 e. The van der Waals surface area contributed by atoms with Crippen molar-refractivity contribution < 1.29 is 17.3 Å². The van der Waals surface area contributed by atoms with Crippen LogP contribution in [-0.2, 0) is 19.0 Å². The first-order valence-corrected chi connectivity index (χ1v) is 6.12. The van der Waals surface area contributed by atoms with Gasteiger partial charge in [0.15, 0.2) is 0 Å². The predicted molar refractivity (Wildman–Crippen MR) is 49.0 cm³/mol. The number of hydrogen-bond acceptors (Lipinski definition) is 4. The Morgan fingerprint density at radius 1 is 1.54 bits per heavy atom. The fourth-order valence-corrected chi connectivity index (χ4v) is 1.79. The van der Waals surface area contributed by atoms with Crippen LogP contribution in [0.5, 0.6) is 0 Å². The second-order valence-corrected chi connectivity index (χ2v) is 5.67. The topological polar surface area (TPSA) is 52.6 Å². The summed E-state index contributed by atoms with van der Waals surface area (Å²) in [5.74, 6) is 0. The van der Waals surface area contributed by atoms with Gasteiger partial charge in [0.2, 0.25) is 0 Å². The van der Waals surface area contributed by atoms with Crippen LogP contribution < -0.4 is 0 Å². The fraction of sp³-hybridized carbons (Fsp3) is 1.00. The maximum atomic E-state index is 10.7. The van der Waals surface area contributed by atoms with E-state index in [-0.39, 0.29) is 18.3 Å². The first kappa shape index (κ1) is 10.9. The second-order valence-electron chi connectivity index (χ2n) is 4.03. The van der Waals surface area contributed by atoms with Gasteiger partial charge in [-0.1, -0.05) is 0 Å². The van der Waals surface area contributed by atoms with E-state index in [1.165, 1.54) is 0 Å². The van der Waals surface area contributed by atoms with Crippen LogP contribution in [0.3, 0.4) is 0 Å². The lowest BCUT2D eigenvalue weighted by molar-refractivity contribution is -0.0317. The zero-order valence-electron chi connectivity index (χ0n) is 8.24. The monoisotopic (exact) mass is 208 g/mol. The summed E-state index contributed by atoms with van der Waals surface area (Å²) >= 11 is 0. The molecular formula is C8H16O4S.